The van der Waals surface area contributed by atoms with Crippen LogP contribution in [0.3, 0.4) is 0 Å². The van der Waals surface area contributed by atoms with Crippen LogP contribution in [0.4, 0.5) is 0 Å². The molecule has 0 saturated carbocycles. The Morgan fingerprint density at radius 1 is 1.29 bits per heavy atom. The molecule has 1 aromatic heterocycles. The van der Waals surface area contributed by atoms with Crippen molar-refractivity contribution in [1.82, 2.24) is 4.98 Å². The highest BCUT2D eigenvalue weighted by Crippen LogP contribution is 2.19. The third-order valence-electron chi connectivity index (χ3n) is 2.70. The summed E-state index contributed by atoms with van der Waals surface area (Å²) >= 11 is 0. The largest absolute Gasteiger partial charge is 0.366 e. The molecule has 0 atom stereocenters. The van der Waals surface area contributed by atoms with E-state index in [1.54, 1.807) is 6.20 Å². The third-order valence-corrected chi connectivity index (χ3v) is 2.70. The summed E-state index contributed by atoms with van der Waals surface area (Å²) in [6.07, 6.45) is 7.30. The van der Waals surface area contributed by atoms with Gasteiger partial charge in [-0.3, -0.25) is 9.78 Å². The van der Waals surface area contributed by atoms with Crippen molar-refractivity contribution in [3.05, 3.63) is 29.1 Å². The molecule has 0 radical (unpaired) electrons. The SMILES string of the molecule is NC(=O)c1cnc2c(c1)CCCCC2. The summed E-state index contributed by atoms with van der Waals surface area (Å²) < 4.78 is 0. The Morgan fingerprint density at radius 2 is 2.07 bits per heavy atom. The van der Waals surface area contributed by atoms with Crippen molar-refractivity contribution < 1.29 is 4.79 Å². The summed E-state index contributed by atoms with van der Waals surface area (Å²) in [7, 11) is 0. The van der Waals surface area contributed by atoms with E-state index in [0.717, 1.165) is 18.5 Å². The average molecular weight is 190 g/mol. The number of fused-ring (bicyclic) bond motifs is 1. The molecule has 74 valence electrons. The lowest BCUT2D eigenvalue weighted by Gasteiger charge is -2.05. The van der Waals surface area contributed by atoms with Crippen LogP contribution in [-0.4, -0.2) is 10.9 Å². The van der Waals surface area contributed by atoms with Gasteiger partial charge in [-0.1, -0.05) is 6.42 Å². The molecule has 1 heterocycles. The molecule has 1 amide bonds. The maximum absolute atomic E-state index is 11.0. The van der Waals surface area contributed by atoms with Crippen molar-refractivity contribution in [3.8, 4) is 0 Å². The first-order chi connectivity index (χ1) is 6.77. The minimum Gasteiger partial charge on any atom is -0.366 e. The highest BCUT2D eigenvalue weighted by atomic mass is 16.1. The fourth-order valence-electron chi connectivity index (χ4n) is 1.90. The second-order valence-corrected chi connectivity index (χ2v) is 3.75. The van der Waals surface area contributed by atoms with Gasteiger partial charge in [-0.2, -0.15) is 0 Å². The molecule has 0 fully saturated rings. The number of carbonyl (C=O) groups is 1. The zero-order chi connectivity index (χ0) is 9.97. The Kier molecular flexibility index (Phi) is 2.48. The quantitative estimate of drug-likeness (QED) is 0.681. The van der Waals surface area contributed by atoms with Gasteiger partial charge in [-0.25, -0.2) is 0 Å². The van der Waals surface area contributed by atoms with Gasteiger partial charge in [0.25, 0.3) is 0 Å². The van der Waals surface area contributed by atoms with Crippen LogP contribution in [0, 0.1) is 0 Å². The molecular weight excluding hydrogens is 176 g/mol. The van der Waals surface area contributed by atoms with Gasteiger partial charge in [0.15, 0.2) is 0 Å². The first-order valence-corrected chi connectivity index (χ1v) is 5.05. The standard InChI is InChI=1S/C11H14N2O/c12-11(14)9-6-8-4-2-1-3-5-10(8)13-7-9/h6-7H,1-5H2,(H2,12,14). The number of aromatic nitrogens is 1. The first-order valence-electron chi connectivity index (χ1n) is 5.05. The smallest absolute Gasteiger partial charge is 0.250 e. The van der Waals surface area contributed by atoms with Gasteiger partial charge in [0.05, 0.1) is 5.56 Å². The molecule has 1 aliphatic carbocycles. The van der Waals surface area contributed by atoms with Crippen LogP contribution in [0.15, 0.2) is 12.3 Å². The molecule has 1 aliphatic rings. The van der Waals surface area contributed by atoms with Crippen molar-refractivity contribution in [2.75, 3.05) is 0 Å². The molecule has 0 bridgehead atoms. The van der Waals surface area contributed by atoms with Gasteiger partial charge < -0.3 is 5.73 Å². The molecular formula is C11H14N2O. The maximum atomic E-state index is 11.0. The van der Waals surface area contributed by atoms with E-state index >= 15 is 0 Å². The average Bonchev–Trinajstić information content (AvgIpc) is 2.41. The highest BCUT2D eigenvalue weighted by molar-refractivity contribution is 5.92. The number of carbonyl (C=O) groups excluding carboxylic acids is 1. The molecule has 14 heavy (non-hydrogen) atoms. The topological polar surface area (TPSA) is 56.0 Å². The monoisotopic (exact) mass is 190 g/mol. The van der Waals surface area contributed by atoms with Crippen LogP contribution < -0.4 is 5.73 Å². The summed E-state index contributed by atoms with van der Waals surface area (Å²) in [6.45, 7) is 0. The number of amides is 1. The maximum Gasteiger partial charge on any atom is 0.250 e. The fraction of sp³-hybridized carbons (Fsp3) is 0.455. The lowest BCUT2D eigenvalue weighted by Crippen LogP contribution is -2.12. The minimum absolute atomic E-state index is 0.385. The summed E-state index contributed by atoms with van der Waals surface area (Å²) in [6, 6.07) is 1.90. The molecule has 0 aliphatic heterocycles. The molecule has 0 unspecified atom stereocenters. The van der Waals surface area contributed by atoms with E-state index < -0.39 is 0 Å². The third kappa shape index (κ3) is 1.76. The molecule has 0 aromatic carbocycles. The van der Waals surface area contributed by atoms with Crippen molar-refractivity contribution in [1.29, 1.82) is 0 Å². The predicted molar refractivity (Wildman–Crippen MR) is 54.0 cm³/mol. The van der Waals surface area contributed by atoms with Crippen molar-refractivity contribution in [2.45, 2.75) is 32.1 Å². The molecule has 3 nitrogen and oxygen atoms in total. The number of nitrogens with zero attached hydrogens (tertiary/aromatic N) is 1. The van der Waals surface area contributed by atoms with Crippen LogP contribution in [-0.2, 0) is 12.8 Å². The van der Waals surface area contributed by atoms with E-state index in [1.807, 2.05) is 6.07 Å². The Bertz CT molecular complexity index is 360. The second kappa shape index (κ2) is 3.78. The van der Waals surface area contributed by atoms with Crippen LogP contribution in [0.25, 0.3) is 0 Å². The molecule has 2 N–H and O–H groups in total. The number of aryl methyl sites for hydroxylation is 2. The number of primary amides is 1. The summed E-state index contributed by atoms with van der Waals surface area (Å²) in [5.74, 6) is -0.385. The normalized spacial score (nSPS) is 15.7. The molecule has 3 heteroatoms. The molecule has 0 saturated heterocycles. The van der Waals surface area contributed by atoms with Crippen LogP contribution in [0.1, 0.15) is 40.9 Å². The molecule has 2 rings (SSSR count). The van der Waals surface area contributed by atoms with Crippen LogP contribution in [0.5, 0.6) is 0 Å². The number of hydrogen-bond donors (Lipinski definition) is 1. The predicted octanol–water partition coefficient (Wildman–Crippen LogP) is 1.45. The van der Waals surface area contributed by atoms with Crippen LogP contribution in [0.2, 0.25) is 0 Å². The van der Waals surface area contributed by atoms with Gasteiger partial charge >= 0.3 is 0 Å². The van der Waals surface area contributed by atoms with E-state index in [0.29, 0.717) is 5.56 Å². The van der Waals surface area contributed by atoms with Crippen molar-refractivity contribution in [2.24, 2.45) is 5.73 Å². The lowest BCUT2D eigenvalue weighted by molar-refractivity contribution is 0.1000. The Hall–Kier alpha value is -1.38. The van der Waals surface area contributed by atoms with Gasteiger partial charge in [-0.05, 0) is 37.3 Å². The molecule has 0 spiro atoms. The van der Waals surface area contributed by atoms with Crippen molar-refractivity contribution in [3.63, 3.8) is 0 Å². The fourth-order valence-corrected chi connectivity index (χ4v) is 1.90. The van der Waals surface area contributed by atoms with Gasteiger partial charge in [-0.15, -0.1) is 0 Å². The molecule has 1 aromatic rings. The zero-order valence-corrected chi connectivity index (χ0v) is 8.12. The van der Waals surface area contributed by atoms with E-state index in [9.17, 15) is 4.79 Å². The number of nitrogens with two attached hydrogens (primary N) is 1. The first kappa shape index (κ1) is 9.19. The summed E-state index contributed by atoms with van der Waals surface area (Å²) in [5, 5.41) is 0. The van der Waals surface area contributed by atoms with E-state index in [1.165, 1.54) is 24.8 Å². The van der Waals surface area contributed by atoms with E-state index in [-0.39, 0.29) is 5.91 Å². The summed E-state index contributed by atoms with van der Waals surface area (Å²) in [4.78, 5) is 15.3. The van der Waals surface area contributed by atoms with Crippen molar-refractivity contribution >= 4 is 5.91 Å². The number of hydrogen-bond acceptors (Lipinski definition) is 2. The van der Waals surface area contributed by atoms with E-state index in [2.05, 4.69) is 4.98 Å². The van der Waals surface area contributed by atoms with Crippen LogP contribution >= 0.6 is 0 Å². The van der Waals surface area contributed by atoms with Gasteiger partial charge in [0.2, 0.25) is 5.91 Å². The Morgan fingerprint density at radius 3 is 2.86 bits per heavy atom. The highest BCUT2D eigenvalue weighted by Gasteiger charge is 2.11. The Balaban J connectivity index is 2.37. The summed E-state index contributed by atoms with van der Waals surface area (Å²) in [5.41, 5.74) is 8.09. The van der Waals surface area contributed by atoms with E-state index in [4.69, 9.17) is 5.73 Å². The number of pyridine rings is 1. The Labute approximate surface area is 83.3 Å². The second-order valence-electron chi connectivity index (χ2n) is 3.75. The number of rotatable bonds is 1. The lowest BCUT2D eigenvalue weighted by atomic mass is 10.1. The zero-order valence-electron chi connectivity index (χ0n) is 8.12. The van der Waals surface area contributed by atoms with Gasteiger partial charge in [0.1, 0.15) is 0 Å². The van der Waals surface area contributed by atoms with Gasteiger partial charge in [0, 0.05) is 11.9 Å². The minimum atomic E-state index is -0.385.